The lowest BCUT2D eigenvalue weighted by Crippen LogP contribution is -2.03. The molecule has 100 valence electrons. The molecule has 1 heterocycles. The fraction of sp³-hybridized carbons (Fsp3) is 0.400. The van der Waals surface area contributed by atoms with Gasteiger partial charge in [0, 0.05) is 7.05 Å². The van der Waals surface area contributed by atoms with Gasteiger partial charge in [-0.2, -0.15) is 5.10 Å². The van der Waals surface area contributed by atoms with Crippen molar-refractivity contribution >= 4 is 5.69 Å². The third-order valence-electron chi connectivity index (χ3n) is 3.75. The first kappa shape index (κ1) is 12.1. The summed E-state index contributed by atoms with van der Waals surface area (Å²) in [5.74, 6) is 1.46. The zero-order valence-electron chi connectivity index (χ0n) is 11.4. The van der Waals surface area contributed by atoms with Crippen molar-refractivity contribution in [2.45, 2.75) is 32.6 Å². The molecule has 2 aromatic rings. The predicted molar refractivity (Wildman–Crippen MR) is 75.5 cm³/mol. The maximum absolute atomic E-state index is 5.98. The highest BCUT2D eigenvalue weighted by Crippen LogP contribution is 2.31. The number of nitrogen functional groups attached to an aromatic ring is 1. The lowest BCUT2D eigenvalue weighted by molar-refractivity contribution is 0.431. The molecule has 4 nitrogen and oxygen atoms in total. The Hall–Kier alpha value is -1.97. The predicted octanol–water partition coefficient (Wildman–Crippen LogP) is 2.98. The molecule has 3 rings (SSSR count). The van der Waals surface area contributed by atoms with Crippen LogP contribution in [0, 0.1) is 6.92 Å². The fourth-order valence-corrected chi connectivity index (χ4v) is 2.66. The van der Waals surface area contributed by atoms with Gasteiger partial charge in [0.2, 0.25) is 5.88 Å². The maximum Gasteiger partial charge on any atom is 0.241 e. The molecule has 1 aromatic heterocycles. The summed E-state index contributed by atoms with van der Waals surface area (Å²) >= 11 is 0. The minimum Gasteiger partial charge on any atom is -0.437 e. The molecule has 0 radical (unpaired) electrons. The van der Waals surface area contributed by atoms with Crippen LogP contribution in [-0.2, 0) is 19.9 Å². The molecule has 19 heavy (non-hydrogen) atoms. The van der Waals surface area contributed by atoms with Crippen LogP contribution in [0.5, 0.6) is 11.6 Å². The van der Waals surface area contributed by atoms with Crippen LogP contribution < -0.4 is 10.5 Å². The second kappa shape index (κ2) is 4.61. The number of anilines is 1. The fourth-order valence-electron chi connectivity index (χ4n) is 2.66. The second-order valence-electron chi connectivity index (χ2n) is 5.17. The molecule has 0 spiro atoms. The van der Waals surface area contributed by atoms with Gasteiger partial charge in [-0.05, 0) is 55.9 Å². The van der Waals surface area contributed by atoms with Crippen molar-refractivity contribution in [3.8, 4) is 11.6 Å². The highest BCUT2D eigenvalue weighted by atomic mass is 16.5. The number of nitrogens with two attached hydrogens (primary N) is 1. The number of ether oxygens (including phenoxy) is 1. The molecule has 2 N–H and O–H groups in total. The highest BCUT2D eigenvalue weighted by Gasteiger charge is 2.14. The molecule has 1 aromatic carbocycles. The molecule has 0 aliphatic heterocycles. The van der Waals surface area contributed by atoms with Gasteiger partial charge in [-0.25, -0.2) is 4.68 Å². The summed E-state index contributed by atoms with van der Waals surface area (Å²) < 4.78 is 7.59. The quantitative estimate of drug-likeness (QED) is 0.899. The van der Waals surface area contributed by atoms with Gasteiger partial charge in [-0.15, -0.1) is 0 Å². The second-order valence-corrected chi connectivity index (χ2v) is 5.17. The topological polar surface area (TPSA) is 53.1 Å². The van der Waals surface area contributed by atoms with Crippen LogP contribution in [0.1, 0.15) is 29.7 Å². The Morgan fingerprint density at radius 1 is 1.21 bits per heavy atom. The van der Waals surface area contributed by atoms with Crippen molar-refractivity contribution in [2.24, 2.45) is 7.05 Å². The van der Waals surface area contributed by atoms with E-state index in [1.807, 2.05) is 20.0 Å². The van der Waals surface area contributed by atoms with Crippen LogP contribution >= 0.6 is 0 Å². The monoisotopic (exact) mass is 257 g/mol. The number of nitrogens with zero attached hydrogens (tertiary/aromatic N) is 2. The molecule has 0 unspecified atom stereocenters. The average molecular weight is 257 g/mol. The molecule has 1 aliphatic carbocycles. The smallest absolute Gasteiger partial charge is 0.241 e. The molecule has 0 fully saturated rings. The van der Waals surface area contributed by atoms with Crippen LogP contribution in [-0.4, -0.2) is 9.78 Å². The van der Waals surface area contributed by atoms with Crippen molar-refractivity contribution in [1.29, 1.82) is 0 Å². The van der Waals surface area contributed by atoms with Gasteiger partial charge in [0.05, 0.1) is 5.69 Å². The summed E-state index contributed by atoms with van der Waals surface area (Å²) in [5, 5.41) is 4.26. The van der Waals surface area contributed by atoms with E-state index in [1.54, 1.807) is 4.68 Å². The van der Waals surface area contributed by atoms with E-state index >= 15 is 0 Å². The molecule has 0 saturated heterocycles. The van der Waals surface area contributed by atoms with Gasteiger partial charge in [-0.1, -0.05) is 6.07 Å². The molecule has 0 atom stereocenters. The zero-order valence-corrected chi connectivity index (χ0v) is 11.4. The Bertz CT molecular complexity index is 616. The van der Waals surface area contributed by atoms with Crippen LogP contribution in [0.3, 0.4) is 0 Å². The van der Waals surface area contributed by atoms with Gasteiger partial charge in [0.1, 0.15) is 11.4 Å². The van der Waals surface area contributed by atoms with Gasteiger partial charge >= 0.3 is 0 Å². The summed E-state index contributed by atoms with van der Waals surface area (Å²) in [7, 11) is 1.84. The van der Waals surface area contributed by atoms with E-state index in [-0.39, 0.29) is 0 Å². The molecular weight excluding hydrogens is 238 g/mol. The van der Waals surface area contributed by atoms with Crippen LogP contribution in [0.15, 0.2) is 18.2 Å². The Labute approximate surface area is 113 Å². The van der Waals surface area contributed by atoms with Gasteiger partial charge in [-0.3, -0.25) is 0 Å². The Morgan fingerprint density at radius 2 is 1.95 bits per heavy atom. The van der Waals surface area contributed by atoms with Crippen molar-refractivity contribution < 1.29 is 4.74 Å². The van der Waals surface area contributed by atoms with Crippen LogP contribution in [0.25, 0.3) is 0 Å². The van der Waals surface area contributed by atoms with Crippen LogP contribution in [0.2, 0.25) is 0 Å². The summed E-state index contributed by atoms with van der Waals surface area (Å²) in [5.41, 5.74) is 10.2. The number of fused-ring (bicyclic) bond motifs is 1. The molecular formula is C15H19N3O. The number of benzene rings is 1. The molecule has 0 bridgehead atoms. The molecule has 1 aliphatic rings. The number of hydrogen-bond donors (Lipinski definition) is 1. The molecule has 0 saturated carbocycles. The van der Waals surface area contributed by atoms with E-state index in [9.17, 15) is 0 Å². The van der Waals surface area contributed by atoms with Gasteiger partial charge in [0.15, 0.2) is 0 Å². The van der Waals surface area contributed by atoms with E-state index in [2.05, 4.69) is 17.2 Å². The van der Waals surface area contributed by atoms with Gasteiger partial charge in [0.25, 0.3) is 0 Å². The number of aryl methyl sites for hydroxylation is 4. The minimum absolute atomic E-state index is 0.611. The normalized spacial score (nSPS) is 14.2. The summed E-state index contributed by atoms with van der Waals surface area (Å²) in [6.45, 7) is 1.88. The maximum atomic E-state index is 5.98. The summed E-state index contributed by atoms with van der Waals surface area (Å²) in [4.78, 5) is 0. The highest BCUT2D eigenvalue weighted by molar-refractivity contribution is 5.54. The number of aromatic nitrogens is 2. The first-order valence-corrected chi connectivity index (χ1v) is 6.74. The van der Waals surface area contributed by atoms with E-state index < -0.39 is 0 Å². The number of rotatable bonds is 2. The first-order chi connectivity index (χ1) is 9.15. The zero-order chi connectivity index (χ0) is 13.4. The number of hydrogen-bond acceptors (Lipinski definition) is 3. The summed E-state index contributed by atoms with van der Waals surface area (Å²) in [6.07, 6.45) is 4.89. The minimum atomic E-state index is 0.611. The Morgan fingerprint density at radius 3 is 2.63 bits per heavy atom. The van der Waals surface area contributed by atoms with Crippen molar-refractivity contribution in [3.05, 3.63) is 35.0 Å². The molecule has 4 heteroatoms. The van der Waals surface area contributed by atoms with Gasteiger partial charge < -0.3 is 10.5 Å². The Kier molecular flexibility index (Phi) is 2.93. The third-order valence-corrected chi connectivity index (χ3v) is 3.75. The van der Waals surface area contributed by atoms with E-state index in [0.29, 0.717) is 11.6 Å². The standard InChI is InChI=1S/C15H19N3O/c1-10-14(16)15(18(2)17-10)19-13-8-7-11-5-3-4-6-12(11)9-13/h7-9H,3-6,16H2,1-2H3. The SMILES string of the molecule is Cc1nn(C)c(Oc2ccc3c(c2)CCCC3)c1N. The first-order valence-electron chi connectivity index (χ1n) is 6.74. The lowest BCUT2D eigenvalue weighted by Gasteiger charge is -2.16. The largest absolute Gasteiger partial charge is 0.437 e. The average Bonchev–Trinajstić information content (AvgIpc) is 2.65. The summed E-state index contributed by atoms with van der Waals surface area (Å²) in [6, 6.07) is 6.32. The van der Waals surface area contributed by atoms with E-state index in [0.717, 1.165) is 17.9 Å². The van der Waals surface area contributed by atoms with Crippen LogP contribution in [0.4, 0.5) is 5.69 Å². The Balaban J connectivity index is 1.91. The van der Waals surface area contributed by atoms with Crippen molar-refractivity contribution in [2.75, 3.05) is 5.73 Å². The molecule has 0 amide bonds. The van der Waals surface area contributed by atoms with Crippen molar-refractivity contribution in [3.63, 3.8) is 0 Å². The third kappa shape index (κ3) is 2.18. The van der Waals surface area contributed by atoms with Crippen molar-refractivity contribution in [1.82, 2.24) is 9.78 Å². The lowest BCUT2D eigenvalue weighted by atomic mass is 9.92. The van der Waals surface area contributed by atoms with E-state index in [4.69, 9.17) is 10.5 Å². The van der Waals surface area contributed by atoms with E-state index in [1.165, 1.54) is 30.4 Å².